The summed E-state index contributed by atoms with van der Waals surface area (Å²) in [6.07, 6.45) is 3.62. The second-order valence-corrected chi connectivity index (χ2v) is 5.34. The van der Waals surface area contributed by atoms with Crippen LogP contribution in [0, 0.1) is 4.77 Å². The molecule has 1 atom stereocenters. The molecule has 2 heterocycles. The number of nitrogens with zero attached hydrogens (tertiary/aromatic N) is 2. The van der Waals surface area contributed by atoms with Gasteiger partial charge in [-0.1, -0.05) is 6.92 Å². The van der Waals surface area contributed by atoms with E-state index in [0.717, 1.165) is 28.8 Å². The fourth-order valence-electron chi connectivity index (χ4n) is 1.80. The van der Waals surface area contributed by atoms with Crippen molar-refractivity contribution in [3.05, 3.63) is 10.6 Å². The smallest absolute Gasteiger partial charge is 0.195 e. The zero-order valence-corrected chi connectivity index (χ0v) is 9.96. The number of aryl methyl sites for hydroxylation is 1. The molecule has 14 heavy (non-hydrogen) atoms. The van der Waals surface area contributed by atoms with E-state index in [2.05, 4.69) is 33.5 Å². The maximum atomic E-state index is 5.21. The van der Waals surface area contributed by atoms with Gasteiger partial charge in [-0.3, -0.25) is 5.10 Å². The fourth-order valence-corrected chi connectivity index (χ4v) is 3.28. The molecule has 0 amide bonds. The molecule has 1 aliphatic rings. The highest BCUT2D eigenvalue weighted by Gasteiger charge is 2.17. The van der Waals surface area contributed by atoms with Gasteiger partial charge in [0.05, 0.1) is 0 Å². The summed E-state index contributed by atoms with van der Waals surface area (Å²) in [5.41, 5.74) is 0. The molecule has 1 aliphatic heterocycles. The molecule has 0 aliphatic carbocycles. The Kier molecular flexibility index (Phi) is 3.28. The lowest BCUT2D eigenvalue weighted by Crippen LogP contribution is -2.12. The highest BCUT2D eigenvalue weighted by atomic mass is 32.2. The van der Waals surface area contributed by atoms with Gasteiger partial charge in [-0.15, -0.1) is 0 Å². The van der Waals surface area contributed by atoms with Crippen molar-refractivity contribution < 1.29 is 0 Å². The van der Waals surface area contributed by atoms with Gasteiger partial charge in [0.15, 0.2) is 4.77 Å². The summed E-state index contributed by atoms with van der Waals surface area (Å²) in [4.78, 5) is 0. The average molecular weight is 229 g/mol. The van der Waals surface area contributed by atoms with E-state index in [0.29, 0.717) is 0 Å². The van der Waals surface area contributed by atoms with Crippen LogP contribution >= 0.6 is 24.0 Å². The SMILES string of the molecule is CCc1n[nH]c(=S)n1CC1CCCS1. The van der Waals surface area contributed by atoms with E-state index in [-0.39, 0.29) is 0 Å². The molecular formula is C9H15N3S2. The van der Waals surface area contributed by atoms with Crippen molar-refractivity contribution >= 4 is 24.0 Å². The number of thioether (sulfide) groups is 1. The van der Waals surface area contributed by atoms with Gasteiger partial charge >= 0.3 is 0 Å². The summed E-state index contributed by atoms with van der Waals surface area (Å²) in [5.74, 6) is 2.39. The van der Waals surface area contributed by atoms with E-state index in [1.807, 2.05) is 0 Å². The van der Waals surface area contributed by atoms with Crippen molar-refractivity contribution in [3.8, 4) is 0 Å². The molecule has 1 unspecified atom stereocenters. The van der Waals surface area contributed by atoms with E-state index in [9.17, 15) is 0 Å². The van der Waals surface area contributed by atoms with Crippen LogP contribution in [0.1, 0.15) is 25.6 Å². The van der Waals surface area contributed by atoms with E-state index >= 15 is 0 Å². The molecular weight excluding hydrogens is 214 g/mol. The predicted octanol–water partition coefficient (Wildman–Crippen LogP) is 2.40. The summed E-state index contributed by atoms with van der Waals surface area (Å²) in [7, 11) is 0. The zero-order chi connectivity index (χ0) is 9.97. The molecule has 0 radical (unpaired) electrons. The topological polar surface area (TPSA) is 33.6 Å². The average Bonchev–Trinajstić information content (AvgIpc) is 2.79. The van der Waals surface area contributed by atoms with Crippen LogP contribution < -0.4 is 0 Å². The minimum atomic E-state index is 0.740. The molecule has 1 saturated heterocycles. The predicted molar refractivity (Wildman–Crippen MR) is 62.3 cm³/mol. The number of rotatable bonds is 3. The van der Waals surface area contributed by atoms with Gasteiger partial charge in [-0.2, -0.15) is 16.9 Å². The van der Waals surface area contributed by atoms with Crippen LogP contribution in [0.3, 0.4) is 0 Å². The molecule has 1 aromatic heterocycles. The Morgan fingerprint density at radius 3 is 3.21 bits per heavy atom. The van der Waals surface area contributed by atoms with Gasteiger partial charge in [0.25, 0.3) is 0 Å². The molecule has 0 aromatic carbocycles. The Labute approximate surface area is 93.3 Å². The lowest BCUT2D eigenvalue weighted by molar-refractivity contribution is 0.607. The molecule has 78 valence electrons. The molecule has 3 nitrogen and oxygen atoms in total. The number of aromatic amines is 1. The maximum absolute atomic E-state index is 5.21. The van der Waals surface area contributed by atoms with Gasteiger partial charge in [-0.05, 0) is 30.8 Å². The summed E-state index contributed by atoms with van der Waals surface area (Å²) < 4.78 is 2.92. The third-order valence-electron chi connectivity index (χ3n) is 2.56. The largest absolute Gasteiger partial charge is 0.303 e. The fraction of sp³-hybridized carbons (Fsp3) is 0.778. The first-order chi connectivity index (χ1) is 6.81. The maximum Gasteiger partial charge on any atom is 0.195 e. The molecule has 0 saturated carbocycles. The summed E-state index contributed by atoms with van der Waals surface area (Å²) in [6, 6.07) is 0. The number of aromatic nitrogens is 3. The minimum absolute atomic E-state index is 0.740. The van der Waals surface area contributed by atoms with Crippen molar-refractivity contribution in [2.45, 2.75) is 38.0 Å². The number of nitrogens with one attached hydrogen (secondary N) is 1. The second kappa shape index (κ2) is 4.49. The second-order valence-electron chi connectivity index (χ2n) is 3.54. The van der Waals surface area contributed by atoms with Crippen molar-refractivity contribution in [1.82, 2.24) is 14.8 Å². The van der Waals surface area contributed by atoms with Gasteiger partial charge in [0.1, 0.15) is 5.82 Å². The minimum Gasteiger partial charge on any atom is -0.303 e. The molecule has 2 rings (SSSR count). The van der Waals surface area contributed by atoms with Crippen LogP contribution in [0.25, 0.3) is 0 Å². The van der Waals surface area contributed by atoms with Gasteiger partial charge in [-0.25, -0.2) is 0 Å². The molecule has 1 aromatic rings. The number of hydrogen-bond donors (Lipinski definition) is 1. The molecule has 1 fully saturated rings. The van der Waals surface area contributed by atoms with Crippen LogP contribution in [0.2, 0.25) is 0 Å². The van der Waals surface area contributed by atoms with Crippen molar-refractivity contribution in [2.75, 3.05) is 5.75 Å². The Morgan fingerprint density at radius 2 is 2.57 bits per heavy atom. The Hall–Kier alpha value is -0.290. The third-order valence-corrected chi connectivity index (χ3v) is 4.26. The zero-order valence-electron chi connectivity index (χ0n) is 8.32. The highest BCUT2D eigenvalue weighted by molar-refractivity contribution is 8.00. The van der Waals surface area contributed by atoms with Crippen LogP contribution in [-0.2, 0) is 13.0 Å². The first-order valence-corrected chi connectivity index (χ1v) is 6.52. The Balaban J connectivity index is 2.13. The summed E-state index contributed by atoms with van der Waals surface area (Å²) >= 11 is 7.27. The summed E-state index contributed by atoms with van der Waals surface area (Å²) in [5, 5.41) is 7.82. The Bertz CT molecular complexity index is 349. The third kappa shape index (κ3) is 2.03. The van der Waals surface area contributed by atoms with Crippen LogP contribution in [0.5, 0.6) is 0 Å². The number of H-pyrrole nitrogens is 1. The van der Waals surface area contributed by atoms with Crippen LogP contribution in [0.15, 0.2) is 0 Å². The van der Waals surface area contributed by atoms with Crippen LogP contribution in [0.4, 0.5) is 0 Å². The quantitative estimate of drug-likeness (QED) is 0.808. The van der Waals surface area contributed by atoms with E-state index in [1.165, 1.54) is 18.6 Å². The van der Waals surface area contributed by atoms with Gasteiger partial charge in [0, 0.05) is 18.2 Å². The number of hydrogen-bond acceptors (Lipinski definition) is 3. The summed E-state index contributed by atoms with van der Waals surface area (Å²) in [6.45, 7) is 3.15. The standard InChI is InChI=1S/C9H15N3S2/c1-2-8-10-11-9(13)12(8)6-7-4-3-5-14-7/h7H,2-6H2,1H3,(H,11,13). The molecule has 5 heteroatoms. The van der Waals surface area contributed by atoms with E-state index < -0.39 is 0 Å². The van der Waals surface area contributed by atoms with Gasteiger partial charge < -0.3 is 4.57 Å². The Morgan fingerprint density at radius 1 is 1.71 bits per heavy atom. The van der Waals surface area contributed by atoms with Crippen molar-refractivity contribution in [2.24, 2.45) is 0 Å². The lowest BCUT2D eigenvalue weighted by atomic mass is 10.2. The molecule has 1 N–H and O–H groups in total. The lowest BCUT2D eigenvalue weighted by Gasteiger charge is -2.10. The van der Waals surface area contributed by atoms with E-state index in [1.54, 1.807) is 0 Å². The first-order valence-electron chi connectivity index (χ1n) is 5.07. The van der Waals surface area contributed by atoms with Crippen LogP contribution in [-0.4, -0.2) is 25.8 Å². The first kappa shape index (κ1) is 10.2. The van der Waals surface area contributed by atoms with E-state index in [4.69, 9.17) is 12.2 Å². The van der Waals surface area contributed by atoms with Gasteiger partial charge in [0.2, 0.25) is 0 Å². The normalized spacial score (nSPS) is 21.6. The monoisotopic (exact) mass is 229 g/mol. The van der Waals surface area contributed by atoms with Crippen molar-refractivity contribution in [3.63, 3.8) is 0 Å². The molecule has 0 spiro atoms. The van der Waals surface area contributed by atoms with Crippen molar-refractivity contribution in [1.29, 1.82) is 0 Å². The highest BCUT2D eigenvalue weighted by Crippen LogP contribution is 2.27. The molecule has 0 bridgehead atoms.